The number of aliphatic carboxylic acids is 2. The molecule has 1 aromatic heterocycles. The van der Waals surface area contributed by atoms with E-state index < -0.39 is 47.4 Å². The van der Waals surface area contributed by atoms with E-state index in [0.717, 1.165) is 21.3 Å². The van der Waals surface area contributed by atoms with E-state index in [2.05, 4.69) is 20.8 Å². The standard InChI is InChI=1S/C20H21N7O7S2/c1-34-20(22-15(30)13(21)10-5-3-2-4-6-10)17(33)27-14(16(31)32)11(8-35-18(20)27)9-36-19-23-24-25-26(19)7-12(28)29/h2-6,13,18H,7-9,21H2,1H3,(H,22,30)(H,28,29)(H,31,32)/t13?,18-,20+/m1/s1. The molecule has 3 heterocycles. The summed E-state index contributed by atoms with van der Waals surface area (Å²) in [7, 11) is 1.25. The molecule has 1 fully saturated rings. The van der Waals surface area contributed by atoms with Crippen molar-refractivity contribution in [3.63, 3.8) is 0 Å². The maximum absolute atomic E-state index is 13.2. The molecule has 4 rings (SSSR count). The molecular formula is C20H21N7O7S2. The van der Waals surface area contributed by atoms with Crippen molar-refractivity contribution in [1.29, 1.82) is 0 Å². The molecule has 1 aromatic carbocycles. The fourth-order valence-corrected chi connectivity index (χ4v) is 6.26. The van der Waals surface area contributed by atoms with Crippen molar-refractivity contribution >= 4 is 47.3 Å². The van der Waals surface area contributed by atoms with Gasteiger partial charge in [-0.2, -0.15) is 0 Å². The lowest BCUT2D eigenvalue weighted by molar-refractivity contribution is -0.192. The molecule has 2 aliphatic heterocycles. The van der Waals surface area contributed by atoms with Crippen molar-refractivity contribution in [1.82, 2.24) is 30.4 Å². The van der Waals surface area contributed by atoms with E-state index in [9.17, 15) is 24.3 Å². The van der Waals surface area contributed by atoms with E-state index in [1.165, 1.54) is 18.9 Å². The number of β-lactam (4-membered cyclic amide) rings is 1. The summed E-state index contributed by atoms with van der Waals surface area (Å²) in [6.07, 6.45) is 0. The first-order valence-electron chi connectivity index (χ1n) is 10.4. The van der Waals surface area contributed by atoms with Crippen molar-refractivity contribution in [3.05, 3.63) is 47.2 Å². The molecule has 0 bridgehead atoms. The number of nitrogens with one attached hydrogen (secondary N) is 1. The highest BCUT2D eigenvalue weighted by atomic mass is 32.2. The predicted octanol–water partition coefficient (Wildman–Crippen LogP) is -0.737. The molecule has 2 aromatic rings. The Labute approximate surface area is 212 Å². The number of carbonyl (C=O) groups is 4. The first kappa shape index (κ1) is 25.6. The lowest BCUT2D eigenvalue weighted by atomic mass is 9.97. The molecule has 1 saturated heterocycles. The number of hydrogen-bond acceptors (Lipinski definition) is 11. The number of carbonyl (C=O) groups excluding carboxylic acids is 2. The lowest BCUT2D eigenvalue weighted by Gasteiger charge is -2.56. The predicted molar refractivity (Wildman–Crippen MR) is 125 cm³/mol. The van der Waals surface area contributed by atoms with E-state index in [1.54, 1.807) is 30.3 Å². The molecule has 3 atom stereocenters. The zero-order valence-corrected chi connectivity index (χ0v) is 20.4. The number of nitrogens with two attached hydrogens (primary N) is 1. The van der Waals surface area contributed by atoms with Crippen molar-refractivity contribution < 1.29 is 34.1 Å². The van der Waals surface area contributed by atoms with Gasteiger partial charge in [0.2, 0.25) is 11.1 Å². The van der Waals surface area contributed by atoms with Crippen LogP contribution in [-0.4, -0.2) is 88.8 Å². The number of nitrogens with zero attached hydrogens (tertiary/aromatic N) is 5. The normalized spacial score (nSPS) is 22.0. The molecular weight excluding hydrogens is 514 g/mol. The minimum atomic E-state index is -1.78. The number of aromatic nitrogens is 4. The van der Waals surface area contributed by atoms with Crippen LogP contribution in [0, 0.1) is 0 Å². The molecule has 0 saturated carbocycles. The quantitative estimate of drug-likeness (QED) is 0.168. The summed E-state index contributed by atoms with van der Waals surface area (Å²) in [5.41, 5.74) is 4.99. The molecule has 0 aliphatic carbocycles. The van der Waals surface area contributed by atoms with Gasteiger partial charge in [-0.25, -0.2) is 9.48 Å². The zero-order chi connectivity index (χ0) is 26.0. The highest BCUT2D eigenvalue weighted by Crippen LogP contribution is 2.47. The second kappa shape index (κ2) is 10.3. The first-order chi connectivity index (χ1) is 17.2. The monoisotopic (exact) mass is 535 g/mol. The summed E-state index contributed by atoms with van der Waals surface area (Å²) in [5.74, 6) is -3.56. The number of rotatable bonds is 10. The Kier molecular flexibility index (Phi) is 7.30. The van der Waals surface area contributed by atoms with Gasteiger partial charge < -0.3 is 26.0 Å². The fourth-order valence-electron chi connectivity index (χ4n) is 3.81. The molecule has 2 amide bonds. The number of methoxy groups -OCH3 is 1. The number of tetrazole rings is 1. The van der Waals surface area contributed by atoms with Gasteiger partial charge in [-0.1, -0.05) is 42.1 Å². The maximum atomic E-state index is 13.2. The molecule has 1 unspecified atom stereocenters. The molecule has 2 aliphatic rings. The Morgan fingerprint density at radius 3 is 2.69 bits per heavy atom. The third-order valence-corrected chi connectivity index (χ3v) is 7.96. The molecule has 0 radical (unpaired) electrons. The van der Waals surface area contributed by atoms with Crippen molar-refractivity contribution in [2.24, 2.45) is 5.73 Å². The van der Waals surface area contributed by atoms with Crippen molar-refractivity contribution in [2.45, 2.75) is 28.8 Å². The van der Waals surface area contributed by atoms with Crippen LogP contribution in [0.1, 0.15) is 11.6 Å². The van der Waals surface area contributed by atoms with E-state index in [4.69, 9.17) is 15.6 Å². The molecule has 5 N–H and O–H groups in total. The highest BCUT2D eigenvalue weighted by Gasteiger charge is 2.66. The van der Waals surface area contributed by atoms with Crippen molar-refractivity contribution in [2.75, 3.05) is 18.6 Å². The molecule has 36 heavy (non-hydrogen) atoms. The van der Waals surface area contributed by atoms with Gasteiger partial charge in [0.25, 0.3) is 11.6 Å². The van der Waals surface area contributed by atoms with E-state index in [0.29, 0.717) is 11.1 Å². The molecule has 16 heteroatoms. The van der Waals surface area contributed by atoms with Gasteiger partial charge in [-0.05, 0) is 21.6 Å². The van der Waals surface area contributed by atoms with E-state index in [1.807, 2.05) is 0 Å². The summed E-state index contributed by atoms with van der Waals surface area (Å²) >= 11 is 2.26. The lowest BCUT2D eigenvalue weighted by Crippen LogP contribution is -2.81. The topological polar surface area (TPSA) is 203 Å². The average Bonchev–Trinajstić information content (AvgIpc) is 3.30. The Morgan fingerprint density at radius 2 is 2.06 bits per heavy atom. The number of carboxylic acids is 2. The minimum Gasteiger partial charge on any atom is -0.480 e. The van der Waals surface area contributed by atoms with Crippen LogP contribution in [-0.2, 0) is 30.5 Å². The SMILES string of the molecule is CO[C@@]1(NC(=O)C(N)c2ccccc2)C(=O)N2C(C(=O)O)=C(CSc3nnnn3CC(=O)O)CS[C@@H]21. The smallest absolute Gasteiger partial charge is 0.352 e. The third kappa shape index (κ3) is 4.55. The van der Waals surface area contributed by atoms with Crippen LogP contribution in [0.5, 0.6) is 0 Å². The van der Waals surface area contributed by atoms with Gasteiger partial charge in [-0.3, -0.25) is 19.3 Å². The summed E-state index contributed by atoms with van der Waals surface area (Å²) in [6.45, 7) is -0.456. The van der Waals surface area contributed by atoms with Gasteiger partial charge in [0.05, 0.1) is 0 Å². The Balaban J connectivity index is 1.53. The Hall–Kier alpha value is -3.47. The van der Waals surface area contributed by atoms with Crippen LogP contribution in [0.2, 0.25) is 0 Å². The Bertz CT molecular complexity index is 1240. The second-order valence-electron chi connectivity index (χ2n) is 7.71. The average molecular weight is 536 g/mol. The van der Waals surface area contributed by atoms with Crippen LogP contribution < -0.4 is 11.1 Å². The fraction of sp³-hybridized carbons (Fsp3) is 0.350. The third-order valence-electron chi connectivity index (χ3n) is 5.54. The highest BCUT2D eigenvalue weighted by molar-refractivity contribution is 8.01. The number of hydrogen-bond donors (Lipinski definition) is 4. The maximum Gasteiger partial charge on any atom is 0.352 e. The summed E-state index contributed by atoms with van der Waals surface area (Å²) < 4.78 is 6.51. The number of thioether (sulfide) groups is 2. The number of ether oxygens (including phenoxy) is 1. The van der Waals surface area contributed by atoms with Crippen LogP contribution in [0.4, 0.5) is 0 Å². The zero-order valence-electron chi connectivity index (χ0n) is 18.7. The van der Waals surface area contributed by atoms with Crippen molar-refractivity contribution in [3.8, 4) is 0 Å². The van der Waals surface area contributed by atoms with E-state index in [-0.39, 0.29) is 22.4 Å². The van der Waals surface area contributed by atoms with E-state index >= 15 is 0 Å². The summed E-state index contributed by atoms with van der Waals surface area (Å²) in [4.78, 5) is 50.3. The van der Waals surface area contributed by atoms with Gasteiger partial charge in [0.1, 0.15) is 23.7 Å². The molecule has 14 nitrogen and oxygen atoms in total. The Morgan fingerprint density at radius 1 is 1.33 bits per heavy atom. The molecule has 190 valence electrons. The van der Waals surface area contributed by atoms with Crippen LogP contribution in [0.25, 0.3) is 0 Å². The number of amides is 2. The van der Waals surface area contributed by atoms with Gasteiger partial charge in [-0.15, -0.1) is 16.9 Å². The first-order valence-corrected chi connectivity index (χ1v) is 12.4. The van der Waals surface area contributed by atoms with Crippen LogP contribution in [0.3, 0.4) is 0 Å². The van der Waals surface area contributed by atoms with Gasteiger partial charge in [0, 0.05) is 18.6 Å². The number of carboxylic acid groups (broad SMARTS) is 2. The summed E-state index contributed by atoms with van der Waals surface area (Å²) in [6, 6.07) is 7.52. The summed E-state index contributed by atoms with van der Waals surface area (Å²) in [5, 5.41) is 31.6. The molecule has 0 spiro atoms. The van der Waals surface area contributed by atoms with Gasteiger partial charge >= 0.3 is 11.9 Å². The minimum absolute atomic E-state index is 0.0936. The number of benzene rings is 1. The second-order valence-corrected chi connectivity index (χ2v) is 9.73. The number of fused-ring (bicyclic) bond motifs is 1. The van der Waals surface area contributed by atoms with Crippen LogP contribution in [0.15, 0.2) is 46.8 Å². The van der Waals surface area contributed by atoms with Crippen LogP contribution >= 0.6 is 23.5 Å². The largest absolute Gasteiger partial charge is 0.480 e. The van der Waals surface area contributed by atoms with Gasteiger partial charge in [0.15, 0.2) is 0 Å².